The zero-order valence-corrected chi connectivity index (χ0v) is 35.9. The van der Waals surface area contributed by atoms with Crippen molar-refractivity contribution in [1.29, 1.82) is 0 Å². The van der Waals surface area contributed by atoms with Gasteiger partial charge in [0.25, 0.3) is 0 Å². The molecule has 310 valence electrons. The van der Waals surface area contributed by atoms with E-state index in [0.717, 1.165) is 38.5 Å². The van der Waals surface area contributed by atoms with Gasteiger partial charge in [0.1, 0.15) is 13.2 Å². The molecule has 3 atom stereocenters. The van der Waals surface area contributed by atoms with Crippen LogP contribution in [0.4, 0.5) is 0 Å². The van der Waals surface area contributed by atoms with Crippen molar-refractivity contribution in [3.8, 4) is 0 Å². The molecule has 0 fully saturated rings. The maximum atomic E-state index is 12.7. The van der Waals surface area contributed by atoms with E-state index in [-0.39, 0.29) is 19.1 Å². The number of nitrogens with one attached hydrogen (secondary N) is 1. The van der Waals surface area contributed by atoms with Gasteiger partial charge in [0.2, 0.25) is 5.91 Å². The standard InChI is InChI=1S/C44H83N2O6P/c1-6-8-10-12-14-16-17-18-19-20-21-22-23-24-25-26-27-28-30-31-33-35-37-43(47)42(41-52-53(49,50)51-40-39-46(3,4)5)45-44(48)38-36-34-32-29-15-13-11-9-7-2/h24-25,28-30,32,35,37,42-43,47H,6-23,26-27,31,33-34,36,38-41H2,1-5H3,(H-,45,48,49,50)/p+1/b25-24+,30-28+,32-29-,37-35+. The SMILES string of the molecule is CCCCCC/C=C\CCCC(=O)NC(COP(=O)(O)OCC[N+](C)(C)C)C(O)/C=C/CC/C=C/CC/C=C/CCCCCCCCCCCCCC. The molecule has 0 aliphatic rings. The number of phosphoric ester groups is 1. The highest BCUT2D eigenvalue weighted by Gasteiger charge is 2.27. The number of amides is 1. The number of rotatable bonds is 38. The molecule has 53 heavy (non-hydrogen) atoms. The molecule has 9 heteroatoms. The highest BCUT2D eigenvalue weighted by Crippen LogP contribution is 2.43. The van der Waals surface area contributed by atoms with Crippen LogP contribution < -0.4 is 5.32 Å². The molecule has 0 radical (unpaired) electrons. The minimum absolute atomic E-state index is 0.0478. The summed E-state index contributed by atoms with van der Waals surface area (Å²) >= 11 is 0. The van der Waals surface area contributed by atoms with Crippen LogP contribution >= 0.6 is 7.82 Å². The molecule has 0 saturated carbocycles. The van der Waals surface area contributed by atoms with E-state index in [4.69, 9.17) is 9.05 Å². The van der Waals surface area contributed by atoms with Crippen LogP contribution in [0.1, 0.15) is 174 Å². The average Bonchev–Trinajstić information content (AvgIpc) is 3.10. The predicted octanol–water partition coefficient (Wildman–Crippen LogP) is 11.7. The number of allylic oxidation sites excluding steroid dienone is 7. The van der Waals surface area contributed by atoms with Gasteiger partial charge >= 0.3 is 7.82 Å². The Kier molecular flexibility index (Phi) is 35.1. The number of aliphatic hydroxyl groups is 1. The number of phosphoric acid groups is 1. The lowest BCUT2D eigenvalue weighted by Gasteiger charge is -2.25. The van der Waals surface area contributed by atoms with E-state index in [2.05, 4.69) is 55.6 Å². The molecule has 0 aromatic heterocycles. The van der Waals surface area contributed by atoms with Crippen molar-refractivity contribution in [3.63, 3.8) is 0 Å². The lowest BCUT2D eigenvalue weighted by molar-refractivity contribution is -0.870. The smallest absolute Gasteiger partial charge is 0.387 e. The zero-order valence-electron chi connectivity index (χ0n) is 35.0. The molecule has 0 bridgehead atoms. The Labute approximate surface area is 327 Å². The highest BCUT2D eigenvalue weighted by atomic mass is 31.2. The Morgan fingerprint density at radius 2 is 1.04 bits per heavy atom. The van der Waals surface area contributed by atoms with Gasteiger partial charge < -0.3 is 19.8 Å². The summed E-state index contributed by atoms with van der Waals surface area (Å²) in [6.07, 6.45) is 44.9. The van der Waals surface area contributed by atoms with E-state index >= 15 is 0 Å². The van der Waals surface area contributed by atoms with Crippen molar-refractivity contribution in [2.45, 2.75) is 187 Å². The second-order valence-electron chi connectivity index (χ2n) is 15.7. The van der Waals surface area contributed by atoms with Crippen LogP contribution in [0.2, 0.25) is 0 Å². The molecule has 0 rings (SSSR count). The van der Waals surface area contributed by atoms with Crippen LogP contribution in [-0.4, -0.2) is 73.4 Å². The first-order valence-corrected chi connectivity index (χ1v) is 23.0. The molecule has 3 N–H and O–H groups in total. The highest BCUT2D eigenvalue weighted by molar-refractivity contribution is 7.47. The number of quaternary nitrogens is 1. The molecular weight excluding hydrogens is 683 g/mol. The first kappa shape index (κ1) is 51.5. The average molecular weight is 768 g/mol. The fourth-order valence-corrected chi connectivity index (χ4v) is 6.52. The van der Waals surface area contributed by atoms with Crippen LogP contribution in [0.3, 0.4) is 0 Å². The second-order valence-corrected chi connectivity index (χ2v) is 17.1. The Balaban J connectivity index is 4.45. The Hall–Kier alpha value is -1.54. The summed E-state index contributed by atoms with van der Waals surface area (Å²) in [5, 5.41) is 13.7. The molecule has 8 nitrogen and oxygen atoms in total. The van der Waals surface area contributed by atoms with E-state index in [9.17, 15) is 19.4 Å². The zero-order chi connectivity index (χ0) is 39.3. The molecule has 0 aromatic rings. The van der Waals surface area contributed by atoms with Gasteiger partial charge in [-0.3, -0.25) is 13.8 Å². The first-order valence-electron chi connectivity index (χ1n) is 21.5. The largest absolute Gasteiger partial charge is 0.472 e. The minimum Gasteiger partial charge on any atom is -0.387 e. The van der Waals surface area contributed by atoms with Gasteiger partial charge in [0.15, 0.2) is 0 Å². The number of hydrogen-bond donors (Lipinski definition) is 3. The molecular formula is C44H84N2O6P+. The van der Waals surface area contributed by atoms with Crippen molar-refractivity contribution in [3.05, 3.63) is 48.6 Å². The molecule has 0 saturated heterocycles. The van der Waals surface area contributed by atoms with E-state index in [0.29, 0.717) is 23.9 Å². The third-order valence-corrected chi connectivity index (χ3v) is 10.2. The van der Waals surface area contributed by atoms with Crippen LogP contribution in [0.5, 0.6) is 0 Å². The summed E-state index contributed by atoms with van der Waals surface area (Å²) < 4.78 is 23.4. The summed E-state index contributed by atoms with van der Waals surface area (Å²) in [5.74, 6) is -0.229. The summed E-state index contributed by atoms with van der Waals surface area (Å²) in [7, 11) is 1.52. The number of unbranched alkanes of at least 4 members (excludes halogenated alkanes) is 19. The Bertz CT molecular complexity index is 1010. The van der Waals surface area contributed by atoms with Gasteiger partial charge in [-0.15, -0.1) is 0 Å². The Morgan fingerprint density at radius 3 is 1.53 bits per heavy atom. The van der Waals surface area contributed by atoms with Crippen LogP contribution in [0.15, 0.2) is 48.6 Å². The number of aliphatic hydroxyl groups excluding tert-OH is 1. The van der Waals surface area contributed by atoms with Crippen LogP contribution in [0.25, 0.3) is 0 Å². The number of carbonyl (C=O) groups is 1. The molecule has 1 amide bonds. The monoisotopic (exact) mass is 768 g/mol. The number of nitrogens with zero attached hydrogens (tertiary/aromatic N) is 1. The van der Waals surface area contributed by atoms with Gasteiger partial charge in [-0.1, -0.05) is 152 Å². The van der Waals surface area contributed by atoms with E-state index in [1.807, 2.05) is 27.2 Å². The fourth-order valence-electron chi connectivity index (χ4n) is 5.78. The summed E-state index contributed by atoms with van der Waals surface area (Å²) in [5.41, 5.74) is 0. The van der Waals surface area contributed by atoms with Crippen LogP contribution in [-0.2, 0) is 18.4 Å². The fraction of sp³-hybridized carbons (Fsp3) is 0.795. The van der Waals surface area contributed by atoms with Gasteiger partial charge in [0.05, 0.1) is 39.9 Å². The van der Waals surface area contributed by atoms with E-state index < -0.39 is 20.0 Å². The van der Waals surface area contributed by atoms with Crippen LogP contribution in [0, 0.1) is 0 Å². The van der Waals surface area contributed by atoms with Crippen molar-refractivity contribution < 1.29 is 32.9 Å². The van der Waals surface area contributed by atoms with Gasteiger partial charge in [-0.2, -0.15) is 0 Å². The topological polar surface area (TPSA) is 105 Å². The van der Waals surface area contributed by atoms with Gasteiger partial charge in [0, 0.05) is 6.42 Å². The first-order chi connectivity index (χ1) is 25.5. The summed E-state index contributed by atoms with van der Waals surface area (Å²) in [4.78, 5) is 22.9. The minimum atomic E-state index is -4.35. The number of carbonyl (C=O) groups excluding carboxylic acids is 1. The molecule has 0 aliphatic carbocycles. The molecule has 0 aliphatic heterocycles. The van der Waals surface area contributed by atoms with E-state index in [1.165, 1.54) is 109 Å². The third-order valence-electron chi connectivity index (χ3n) is 9.25. The summed E-state index contributed by atoms with van der Waals surface area (Å²) in [6, 6.07) is -0.882. The predicted molar refractivity (Wildman–Crippen MR) is 226 cm³/mol. The van der Waals surface area contributed by atoms with Crippen molar-refractivity contribution in [1.82, 2.24) is 5.32 Å². The van der Waals surface area contributed by atoms with Crippen molar-refractivity contribution in [2.24, 2.45) is 0 Å². The molecule has 0 heterocycles. The molecule has 3 unspecified atom stereocenters. The third kappa shape index (κ3) is 38.5. The van der Waals surface area contributed by atoms with E-state index in [1.54, 1.807) is 6.08 Å². The Morgan fingerprint density at radius 1 is 0.623 bits per heavy atom. The second kappa shape index (κ2) is 36.1. The number of likely N-dealkylation sites (N-methyl/N-ethyl adjacent to an activating group) is 1. The van der Waals surface area contributed by atoms with Crippen molar-refractivity contribution >= 4 is 13.7 Å². The lowest BCUT2D eigenvalue weighted by Crippen LogP contribution is -2.45. The summed E-state index contributed by atoms with van der Waals surface area (Å²) in [6.45, 7) is 4.71. The molecule has 0 spiro atoms. The maximum Gasteiger partial charge on any atom is 0.472 e. The quantitative estimate of drug-likeness (QED) is 0.0250. The van der Waals surface area contributed by atoms with Gasteiger partial charge in [-0.25, -0.2) is 4.57 Å². The molecule has 0 aromatic carbocycles. The lowest BCUT2D eigenvalue weighted by atomic mass is 10.0. The maximum absolute atomic E-state index is 12.7. The van der Waals surface area contributed by atoms with Gasteiger partial charge in [-0.05, 0) is 64.2 Å². The normalized spacial score (nSPS) is 14.9. The van der Waals surface area contributed by atoms with Crippen molar-refractivity contribution in [2.75, 3.05) is 40.9 Å². The number of hydrogen-bond acceptors (Lipinski definition) is 5.